The van der Waals surface area contributed by atoms with Crippen LogP contribution in [0.5, 0.6) is 0 Å². The number of halogens is 1. The summed E-state index contributed by atoms with van der Waals surface area (Å²) in [7, 11) is 0. The van der Waals surface area contributed by atoms with E-state index in [1.807, 2.05) is 0 Å². The summed E-state index contributed by atoms with van der Waals surface area (Å²) < 4.78 is 1.19. The van der Waals surface area contributed by atoms with Crippen LogP contribution in [0.15, 0.2) is 24.4 Å². The fourth-order valence-electron chi connectivity index (χ4n) is 1.75. The largest absolute Gasteiger partial charge is 0.480 e. The summed E-state index contributed by atoms with van der Waals surface area (Å²) in [6.07, 6.45) is 1.47. The molecule has 0 aliphatic carbocycles. The van der Waals surface area contributed by atoms with E-state index in [0.717, 1.165) is 0 Å². The van der Waals surface area contributed by atoms with E-state index >= 15 is 0 Å². The molecule has 0 aliphatic rings. The molecule has 0 fully saturated rings. The number of hydrogen-bond acceptors (Lipinski definition) is 4. The van der Waals surface area contributed by atoms with Gasteiger partial charge in [0.2, 0.25) is 0 Å². The third-order valence-electron chi connectivity index (χ3n) is 2.83. The van der Waals surface area contributed by atoms with Gasteiger partial charge in [0.25, 0.3) is 5.91 Å². The highest BCUT2D eigenvalue weighted by Gasteiger charge is 2.11. The van der Waals surface area contributed by atoms with Gasteiger partial charge in [-0.05, 0) is 24.6 Å². The zero-order valence-electron chi connectivity index (χ0n) is 11.2. The summed E-state index contributed by atoms with van der Waals surface area (Å²) in [5.41, 5.74) is 1.66. The molecule has 2 aromatic rings. The second kappa shape index (κ2) is 6.36. The van der Waals surface area contributed by atoms with Gasteiger partial charge >= 0.3 is 5.97 Å². The van der Waals surface area contributed by atoms with Crippen molar-refractivity contribution in [1.29, 1.82) is 0 Å². The van der Waals surface area contributed by atoms with Crippen LogP contribution in [0.4, 0.5) is 0 Å². The highest BCUT2D eigenvalue weighted by molar-refractivity contribution is 6.31. The minimum Gasteiger partial charge on any atom is -0.480 e. The number of carboxylic acids is 1. The first kappa shape index (κ1) is 15.0. The second-order valence-corrected chi connectivity index (χ2v) is 4.80. The number of aromatic nitrogens is 3. The van der Waals surface area contributed by atoms with Crippen molar-refractivity contribution < 1.29 is 14.7 Å². The minimum atomic E-state index is -1.01. The Bertz CT molecular complexity index is 684. The molecule has 1 heterocycles. The van der Waals surface area contributed by atoms with E-state index < -0.39 is 5.97 Å². The van der Waals surface area contributed by atoms with Crippen LogP contribution < -0.4 is 5.32 Å². The summed E-state index contributed by atoms with van der Waals surface area (Å²) in [5, 5.41) is 19.3. The smallest absolute Gasteiger partial charge is 0.325 e. The molecular weight excluding hydrogens is 296 g/mol. The Morgan fingerprint density at radius 1 is 1.43 bits per heavy atom. The molecule has 110 valence electrons. The van der Waals surface area contributed by atoms with Gasteiger partial charge in [0.15, 0.2) is 0 Å². The maximum atomic E-state index is 12.1. The van der Waals surface area contributed by atoms with Gasteiger partial charge in [-0.15, -0.1) is 5.10 Å². The van der Waals surface area contributed by atoms with E-state index in [2.05, 4.69) is 15.6 Å². The topological polar surface area (TPSA) is 97.1 Å². The molecular formula is C13H13ClN4O3. The van der Waals surface area contributed by atoms with Crippen molar-refractivity contribution in [2.45, 2.75) is 20.0 Å². The van der Waals surface area contributed by atoms with E-state index in [0.29, 0.717) is 21.8 Å². The molecule has 8 heteroatoms. The van der Waals surface area contributed by atoms with Crippen molar-refractivity contribution in [1.82, 2.24) is 20.3 Å². The Morgan fingerprint density at radius 3 is 2.90 bits per heavy atom. The lowest BCUT2D eigenvalue weighted by molar-refractivity contribution is -0.137. The molecule has 0 saturated carbocycles. The van der Waals surface area contributed by atoms with Gasteiger partial charge in [0.1, 0.15) is 12.2 Å². The van der Waals surface area contributed by atoms with Crippen molar-refractivity contribution in [2.24, 2.45) is 0 Å². The van der Waals surface area contributed by atoms with Gasteiger partial charge in [-0.3, -0.25) is 9.59 Å². The first-order valence-corrected chi connectivity index (χ1v) is 6.49. The molecule has 1 amide bonds. The molecule has 0 spiro atoms. The molecule has 2 N–H and O–H groups in total. The number of amides is 1. The molecule has 21 heavy (non-hydrogen) atoms. The average Bonchev–Trinajstić information content (AvgIpc) is 2.86. The van der Waals surface area contributed by atoms with Gasteiger partial charge in [0.05, 0.1) is 12.7 Å². The second-order valence-electron chi connectivity index (χ2n) is 4.40. The fraction of sp³-hybridized carbons (Fsp3) is 0.231. The number of hydrogen-bond donors (Lipinski definition) is 2. The lowest BCUT2D eigenvalue weighted by atomic mass is 10.1. The number of carbonyl (C=O) groups excluding carboxylic acids is 1. The predicted molar refractivity (Wildman–Crippen MR) is 75.0 cm³/mol. The highest BCUT2D eigenvalue weighted by atomic mass is 35.5. The van der Waals surface area contributed by atoms with Crippen molar-refractivity contribution >= 4 is 23.5 Å². The zero-order chi connectivity index (χ0) is 15.4. The van der Waals surface area contributed by atoms with E-state index in [9.17, 15) is 9.59 Å². The summed E-state index contributed by atoms with van der Waals surface area (Å²) in [6.45, 7) is 1.65. The summed E-state index contributed by atoms with van der Waals surface area (Å²) >= 11 is 5.97. The number of nitrogens with one attached hydrogen (secondary N) is 1. The van der Waals surface area contributed by atoms with Crippen molar-refractivity contribution in [3.8, 4) is 0 Å². The summed E-state index contributed by atoms with van der Waals surface area (Å²) in [4.78, 5) is 22.6. The van der Waals surface area contributed by atoms with E-state index in [-0.39, 0.29) is 19.0 Å². The number of nitrogens with zero attached hydrogens (tertiary/aromatic N) is 3. The number of carboxylic acid groups (broad SMARTS) is 1. The monoisotopic (exact) mass is 308 g/mol. The number of rotatable bonds is 5. The standard InChI is InChI=1S/C13H13ClN4O3/c1-8-10(3-2-4-11(8)14)13(21)15-5-9-6-18(17-16-9)7-12(19)20/h2-4,6H,5,7H2,1H3,(H,15,21)(H,19,20). The normalized spacial score (nSPS) is 10.4. The molecule has 0 bridgehead atoms. The Labute approximate surface area is 125 Å². The predicted octanol–water partition coefficient (Wildman–Crippen LogP) is 1.25. The number of benzene rings is 1. The van der Waals surface area contributed by atoms with Crippen molar-refractivity contribution in [3.05, 3.63) is 46.2 Å². The molecule has 0 unspecified atom stereocenters. The molecule has 1 aromatic heterocycles. The third-order valence-corrected chi connectivity index (χ3v) is 3.24. The molecule has 0 radical (unpaired) electrons. The molecule has 7 nitrogen and oxygen atoms in total. The lowest BCUT2D eigenvalue weighted by Gasteiger charge is -2.07. The fourth-order valence-corrected chi connectivity index (χ4v) is 1.93. The van der Waals surface area contributed by atoms with Gasteiger partial charge in [-0.2, -0.15) is 0 Å². The van der Waals surface area contributed by atoms with Crippen LogP contribution in [0.2, 0.25) is 5.02 Å². The molecule has 0 atom stereocenters. The van der Waals surface area contributed by atoms with Crippen LogP contribution in [0.25, 0.3) is 0 Å². The van der Waals surface area contributed by atoms with Gasteiger partial charge in [0, 0.05) is 10.6 Å². The van der Waals surface area contributed by atoms with Crippen LogP contribution in [0.1, 0.15) is 21.6 Å². The maximum absolute atomic E-state index is 12.1. The molecule has 2 rings (SSSR count). The van der Waals surface area contributed by atoms with E-state index in [1.165, 1.54) is 10.9 Å². The van der Waals surface area contributed by atoms with Crippen LogP contribution >= 0.6 is 11.6 Å². The molecule has 0 saturated heterocycles. The number of carbonyl (C=O) groups is 2. The van der Waals surface area contributed by atoms with Crippen LogP contribution in [-0.4, -0.2) is 32.0 Å². The van der Waals surface area contributed by atoms with E-state index in [4.69, 9.17) is 16.7 Å². The van der Waals surface area contributed by atoms with E-state index in [1.54, 1.807) is 25.1 Å². The van der Waals surface area contributed by atoms with Crippen molar-refractivity contribution in [2.75, 3.05) is 0 Å². The first-order chi connectivity index (χ1) is 9.97. The maximum Gasteiger partial charge on any atom is 0.325 e. The van der Waals surface area contributed by atoms with Gasteiger partial charge < -0.3 is 10.4 Å². The van der Waals surface area contributed by atoms with Crippen LogP contribution in [-0.2, 0) is 17.9 Å². The van der Waals surface area contributed by atoms with Crippen LogP contribution in [0.3, 0.4) is 0 Å². The van der Waals surface area contributed by atoms with Gasteiger partial charge in [-0.25, -0.2) is 4.68 Å². The summed E-state index contributed by atoms with van der Waals surface area (Å²) in [5.74, 6) is -1.28. The highest BCUT2D eigenvalue weighted by Crippen LogP contribution is 2.18. The Hall–Kier alpha value is -2.41. The molecule has 1 aromatic carbocycles. The molecule has 0 aliphatic heterocycles. The zero-order valence-corrected chi connectivity index (χ0v) is 12.0. The Morgan fingerprint density at radius 2 is 2.19 bits per heavy atom. The minimum absolute atomic E-state index is 0.157. The first-order valence-electron chi connectivity index (χ1n) is 6.11. The number of aliphatic carboxylic acids is 1. The van der Waals surface area contributed by atoms with Gasteiger partial charge in [-0.1, -0.05) is 22.9 Å². The Kier molecular flexibility index (Phi) is 4.54. The van der Waals surface area contributed by atoms with Crippen molar-refractivity contribution in [3.63, 3.8) is 0 Å². The average molecular weight is 309 g/mol. The summed E-state index contributed by atoms with van der Waals surface area (Å²) in [6, 6.07) is 5.09. The SMILES string of the molecule is Cc1c(Cl)cccc1C(=O)NCc1cn(CC(=O)O)nn1. The Balaban J connectivity index is 1.99. The quantitative estimate of drug-likeness (QED) is 0.866. The van der Waals surface area contributed by atoms with Crippen LogP contribution in [0, 0.1) is 6.92 Å². The third kappa shape index (κ3) is 3.79. The lowest BCUT2D eigenvalue weighted by Crippen LogP contribution is -2.23.